The number of rotatable bonds is 4. The van der Waals surface area contributed by atoms with E-state index in [1.165, 1.54) is 22.1 Å². The van der Waals surface area contributed by atoms with Crippen molar-refractivity contribution in [2.45, 2.75) is 5.41 Å². The van der Waals surface area contributed by atoms with Gasteiger partial charge in [-0.15, -0.1) is 0 Å². The number of ether oxygens (including phenoxy) is 1. The fourth-order valence-electron chi connectivity index (χ4n) is 8.61. The molecule has 9 aromatic rings. The summed E-state index contributed by atoms with van der Waals surface area (Å²) in [6, 6.07) is 66.0. The number of hydrogen-bond donors (Lipinski definition) is 0. The summed E-state index contributed by atoms with van der Waals surface area (Å²) in [6.45, 7) is 0. The van der Waals surface area contributed by atoms with Gasteiger partial charge in [0.15, 0.2) is 17.5 Å². The van der Waals surface area contributed by atoms with E-state index in [2.05, 4.69) is 170 Å². The van der Waals surface area contributed by atoms with Gasteiger partial charge in [-0.2, -0.15) is 0 Å². The Morgan fingerprint density at radius 1 is 0.333 bits per heavy atom. The Morgan fingerprint density at radius 2 is 0.852 bits per heavy atom. The molecule has 1 aliphatic heterocycles. The number of nitrogens with zero attached hydrogens (tertiary/aromatic N) is 3. The summed E-state index contributed by atoms with van der Waals surface area (Å²) >= 11 is 0. The Kier molecular flexibility index (Phi) is 6.73. The van der Waals surface area contributed by atoms with E-state index < -0.39 is 5.41 Å². The van der Waals surface area contributed by atoms with Crippen LogP contribution in [0.2, 0.25) is 0 Å². The number of aromatic nitrogens is 3. The lowest BCUT2D eigenvalue weighted by molar-refractivity contribution is 0.436. The molecule has 0 fully saturated rings. The molecule has 0 unspecified atom stereocenters. The lowest BCUT2D eigenvalue weighted by atomic mass is 9.66. The molecule has 0 saturated carbocycles. The first kappa shape index (κ1) is 30.5. The summed E-state index contributed by atoms with van der Waals surface area (Å²) in [5.41, 5.74) is 11.5. The third kappa shape index (κ3) is 4.53. The maximum absolute atomic E-state index is 6.57. The fourth-order valence-corrected chi connectivity index (χ4v) is 8.61. The second-order valence-corrected chi connectivity index (χ2v) is 13.9. The zero-order chi connectivity index (χ0) is 35.6. The average molecular weight is 690 g/mol. The minimum absolute atomic E-state index is 0.586. The van der Waals surface area contributed by atoms with Crippen LogP contribution in [0.5, 0.6) is 11.5 Å². The smallest absolute Gasteiger partial charge is 0.164 e. The summed E-state index contributed by atoms with van der Waals surface area (Å²) < 4.78 is 6.57. The van der Waals surface area contributed by atoms with Crippen molar-refractivity contribution in [3.63, 3.8) is 0 Å². The molecule has 1 aromatic heterocycles. The summed E-state index contributed by atoms with van der Waals surface area (Å²) in [4.78, 5) is 15.7. The van der Waals surface area contributed by atoms with Crippen LogP contribution in [-0.2, 0) is 5.41 Å². The van der Waals surface area contributed by atoms with Gasteiger partial charge in [-0.25, -0.2) is 15.0 Å². The Hall–Kier alpha value is -7.17. The Morgan fingerprint density at radius 3 is 1.61 bits per heavy atom. The molecule has 0 N–H and O–H groups in total. The van der Waals surface area contributed by atoms with Gasteiger partial charge in [0.05, 0.1) is 5.41 Å². The number of hydrogen-bond acceptors (Lipinski definition) is 4. The summed E-state index contributed by atoms with van der Waals surface area (Å²) in [5.74, 6) is 3.62. The molecule has 8 aromatic carbocycles. The van der Waals surface area contributed by atoms with Crippen LogP contribution >= 0.6 is 0 Å². The highest BCUT2D eigenvalue weighted by molar-refractivity contribution is 5.96. The predicted molar refractivity (Wildman–Crippen MR) is 216 cm³/mol. The van der Waals surface area contributed by atoms with Crippen molar-refractivity contribution in [2.24, 2.45) is 0 Å². The first-order chi connectivity index (χ1) is 26.8. The highest BCUT2D eigenvalue weighted by atomic mass is 16.5. The highest BCUT2D eigenvalue weighted by Gasteiger charge is 2.51. The monoisotopic (exact) mass is 689 g/mol. The second kappa shape index (κ2) is 11.9. The maximum Gasteiger partial charge on any atom is 0.164 e. The molecular formula is C50H31N3O. The number of fused-ring (bicyclic) bond motifs is 10. The van der Waals surface area contributed by atoms with Gasteiger partial charge in [0.25, 0.3) is 0 Å². The summed E-state index contributed by atoms with van der Waals surface area (Å²) in [5, 5.41) is 2.31. The standard InChI is InChI=1S/C50H31N3O/c1-2-13-32(14-3-1)34-25-28-35(29-26-34)47-51-48(37-30-27-33-15-4-5-16-36(33)31-37)53-49(52-47)39-18-12-22-43-46(39)38-17-6-7-19-40(38)50(43)41-20-8-10-23-44(41)54-45-24-11-9-21-42(45)50/h1-31H. The van der Waals surface area contributed by atoms with E-state index in [0.29, 0.717) is 17.5 Å². The largest absolute Gasteiger partial charge is 0.457 e. The molecule has 11 rings (SSSR count). The second-order valence-electron chi connectivity index (χ2n) is 13.9. The topological polar surface area (TPSA) is 47.9 Å². The van der Waals surface area contributed by atoms with Crippen LogP contribution in [0.4, 0.5) is 0 Å². The predicted octanol–water partition coefficient (Wildman–Crippen LogP) is 12.2. The zero-order valence-electron chi connectivity index (χ0n) is 29.1. The van der Waals surface area contributed by atoms with Crippen molar-refractivity contribution in [3.05, 3.63) is 210 Å². The van der Waals surface area contributed by atoms with E-state index >= 15 is 0 Å². The maximum atomic E-state index is 6.57. The van der Waals surface area contributed by atoms with Crippen LogP contribution in [0.25, 0.3) is 67.2 Å². The fraction of sp³-hybridized carbons (Fsp3) is 0.0200. The van der Waals surface area contributed by atoms with Crippen molar-refractivity contribution in [1.29, 1.82) is 0 Å². The molecular weight excluding hydrogens is 659 g/mol. The van der Waals surface area contributed by atoms with Gasteiger partial charge >= 0.3 is 0 Å². The van der Waals surface area contributed by atoms with Crippen LogP contribution in [0, 0.1) is 0 Å². The summed E-state index contributed by atoms with van der Waals surface area (Å²) in [6.07, 6.45) is 0. The van der Waals surface area contributed by atoms with Gasteiger partial charge in [0.2, 0.25) is 0 Å². The van der Waals surface area contributed by atoms with Crippen LogP contribution in [0.3, 0.4) is 0 Å². The molecule has 54 heavy (non-hydrogen) atoms. The normalized spacial score (nSPS) is 13.1. The Balaban J connectivity index is 1.16. The van der Waals surface area contributed by atoms with Gasteiger partial charge in [0, 0.05) is 27.8 Å². The van der Waals surface area contributed by atoms with Crippen molar-refractivity contribution in [3.8, 4) is 67.9 Å². The van der Waals surface area contributed by atoms with E-state index in [-0.39, 0.29) is 0 Å². The third-order valence-electron chi connectivity index (χ3n) is 11.0. The quantitative estimate of drug-likeness (QED) is 0.185. The molecule has 0 saturated heterocycles. The van der Waals surface area contributed by atoms with Crippen LogP contribution in [0.15, 0.2) is 188 Å². The molecule has 4 heteroatoms. The molecule has 0 atom stereocenters. The lowest BCUT2D eigenvalue weighted by Gasteiger charge is -2.39. The van der Waals surface area contributed by atoms with Gasteiger partial charge in [-0.05, 0) is 62.4 Å². The molecule has 252 valence electrons. The number of benzene rings is 8. The molecule has 1 aliphatic carbocycles. The molecule has 2 aliphatic rings. The van der Waals surface area contributed by atoms with Crippen LogP contribution < -0.4 is 4.74 Å². The van der Waals surface area contributed by atoms with Gasteiger partial charge in [-0.3, -0.25) is 0 Å². The van der Waals surface area contributed by atoms with Crippen molar-refractivity contribution in [2.75, 3.05) is 0 Å². The van der Waals surface area contributed by atoms with Crippen molar-refractivity contribution in [1.82, 2.24) is 15.0 Å². The molecule has 0 radical (unpaired) electrons. The third-order valence-corrected chi connectivity index (χ3v) is 11.0. The molecule has 1 spiro atoms. The zero-order valence-corrected chi connectivity index (χ0v) is 29.1. The SMILES string of the molecule is c1ccc(-c2ccc(-c3nc(-c4ccc5ccccc5c4)nc(-c4cccc5c4-c4ccccc4C54c5ccccc5Oc5ccccc54)n3)cc2)cc1. The highest BCUT2D eigenvalue weighted by Crippen LogP contribution is 2.63. The average Bonchev–Trinajstić information content (AvgIpc) is 3.54. The van der Waals surface area contributed by atoms with Gasteiger partial charge < -0.3 is 4.74 Å². The van der Waals surface area contributed by atoms with Gasteiger partial charge in [0.1, 0.15) is 11.5 Å². The van der Waals surface area contributed by atoms with Crippen molar-refractivity contribution >= 4 is 10.8 Å². The van der Waals surface area contributed by atoms with E-state index in [1.807, 2.05) is 18.2 Å². The van der Waals surface area contributed by atoms with E-state index in [0.717, 1.165) is 61.4 Å². The first-order valence-electron chi connectivity index (χ1n) is 18.3. The molecule has 4 nitrogen and oxygen atoms in total. The Labute approximate surface area is 313 Å². The number of para-hydroxylation sites is 2. The molecule has 0 amide bonds. The Bertz CT molecular complexity index is 2870. The minimum atomic E-state index is -0.586. The van der Waals surface area contributed by atoms with Crippen LogP contribution in [0.1, 0.15) is 22.3 Å². The van der Waals surface area contributed by atoms with Crippen LogP contribution in [-0.4, -0.2) is 15.0 Å². The minimum Gasteiger partial charge on any atom is -0.457 e. The molecule has 2 heterocycles. The summed E-state index contributed by atoms with van der Waals surface area (Å²) in [7, 11) is 0. The van der Waals surface area contributed by atoms with E-state index in [4.69, 9.17) is 19.7 Å². The van der Waals surface area contributed by atoms with E-state index in [9.17, 15) is 0 Å². The molecule has 0 bridgehead atoms. The lowest BCUT2D eigenvalue weighted by Crippen LogP contribution is -2.32. The van der Waals surface area contributed by atoms with E-state index in [1.54, 1.807) is 0 Å². The van der Waals surface area contributed by atoms with Crippen molar-refractivity contribution < 1.29 is 4.74 Å². The first-order valence-corrected chi connectivity index (χ1v) is 18.3. The van der Waals surface area contributed by atoms with Gasteiger partial charge in [-0.1, -0.05) is 170 Å².